The topological polar surface area (TPSA) is 111 Å². The first-order valence-corrected chi connectivity index (χ1v) is 8.73. The van der Waals surface area contributed by atoms with E-state index in [9.17, 15) is 19.7 Å². The zero-order valence-corrected chi connectivity index (χ0v) is 14.1. The average molecular weight is 369 g/mol. The molecule has 1 saturated carbocycles. The molecule has 2 amide bonds. The molecule has 0 spiro atoms. The van der Waals surface area contributed by atoms with Crippen LogP contribution in [0.2, 0.25) is 0 Å². The molecule has 0 N–H and O–H groups in total. The Labute approximate surface area is 153 Å². The zero-order chi connectivity index (χ0) is 18.7. The fourth-order valence-corrected chi connectivity index (χ4v) is 4.50. The molecule has 9 heteroatoms. The lowest BCUT2D eigenvalue weighted by atomic mass is 9.63. The summed E-state index contributed by atoms with van der Waals surface area (Å²) in [5.74, 6) is -0.631. The molecule has 2 bridgehead atoms. The molecule has 6 rings (SSSR count). The van der Waals surface area contributed by atoms with Gasteiger partial charge in [-0.05, 0) is 30.7 Å². The molecule has 2 heterocycles. The van der Waals surface area contributed by atoms with Crippen LogP contribution in [0.15, 0.2) is 29.4 Å². The number of ether oxygens (including phenoxy) is 2. The van der Waals surface area contributed by atoms with Crippen LogP contribution < -0.4 is 9.47 Å². The summed E-state index contributed by atoms with van der Waals surface area (Å²) in [6.07, 6.45) is 7.01. The SMILES string of the molecule is O=C1[C@H]2[C@H](C(=O)N1/N=C\c1cc3c(cc1[N+](=O)[O-])OCO3)[C@H]1C=C[C@H]2CC1. The van der Waals surface area contributed by atoms with Gasteiger partial charge in [-0.3, -0.25) is 19.7 Å². The van der Waals surface area contributed by atoms with Gasteiger partial charge in [0, 0.05) is 0 Å². The Balaban J connectivity index is 1.48. The summed E-state index contributed by atoms with van der Waals surface area (Å²) in [6, 6.07) is 2.68. The number of nitrogens with zero attached hydrogens (tertiary/aromatic N) is 3. The van der Waals surface area contributed by atoms with E-state index in [-0.39, 0.29) is 59.3 Å². The quantitative estimate of drug-likeness (QED) is 0.264. The molecule has 27 heavy (non-hydrogen) atoms. The number of benzene rings is 1. The van der Waals surface area contributed by atoms with Crippen molar-refractivity contribution >= 4 is 23.7 Å². The normalized spacial score (nSPS) is 30.4. The lowest BCUT2D eigenvalue weighted by molar-refractivity contribution is -0.385. The summed E-state index contributed by atoms with van der Waals surface area (Å²) in [5.41, 5.74) is -0.0953. The Hall–Kier alpha value is -3.23. The van der Waals surface area contributed by atoms with E-state index in [1.54, 1.807) is 0 Å². The molecular weight excluding hydrogens is 354 g/mol. The van der Waals surface area contributed by atoms with Gasteiger partial charge in [0.1, 0.15) is 0 Å². The maximum Gasteiger partial charge on any atom is 0.282 e. The van der Waals surface area contributed by atoms with E-state index in [0.717, 1.165) is 17.9 Å². The predicted molar refractivity (Wildman–Crippen MR) is 91.0 cm³/mol. The van der Waals surface area contributed by atoms with Crippen LogP contribution >= 0.6 is 0 Å². The van der Waals surface area contributed by atoms with Crippen molar-refractivity contribution in [1.29, 1.82) is 0 Å². The van der Waals surface area contributed by atoms with Crippen molar-refractivity contribution in [2.45, 2.75) is 12.8 Å². The molecule has 5 aliphatic rings. The molecule has 1 saturated heterocycles. The minimum atomic E-state index is -0.569. The van der Waals surface area contributed by atoms with E-state index < -0.39 is 4.92 Å². The highest BCUT2D eigenvalue weighted by Crippen LogP contribution is 2.49. The molecule has 4 atom stereocenters. The number of carbonyl (C=O) groups is 2. The second kappa shape index (κ2) is 5.63. The first-order chi connectivity index (χ1) is 13.0. The van der Waals surface area contributed by atoms with Gasteiger partial charge < -0.3 is 9.47 Å². The van der Waals surface area contributed by atoms with E-state index >= 15 is 0 Å². The minimum Gasteiger partial charge on any atom is -0.454 e. The number of carbonyl (C=O) groups excluding carboxylic acids is 2. The molecule has 0 radical (unpaired) electrons. The van der Waals surface area contributed by atoms with E-state index in [1.165, 1.54) is 18.3 Å². The summed E-state index contributed by atoms with van der Waals surface area (Å²) in [4.78, 5) is 36.3. The number of hydrogen-bond acceptors (Lipinski definition) is 7. The highest BCUT2D eigenvalue weighted by atomic mass is 16.7. The number of nitro groups is 1. The predicted octanol–water partition coefficient (Wildman–Crippen LogP) is 1.85. The van der Waals surface area contributed by atoms with Crippen molar-refractivity contribution < 1.29 is 24.0 Å². The van der Waals surface area contributed by atoms with Gasteiger partial charge in [0.15, 0.2) is 11.5 Å². The Morgan fingerprint density at radius 1 is 1.07 bits per heavy atom. The van der Waals surface area contributed by atoms with Crippen LogP contribution in [0.4, 0.5) is 5.69 Å². The molecule has 2 aliphatic heterocycles. The minimum absolute atomic E-state index is 0.0185. The highest BCUT2D eigenvalue weighted by Gasteiger charge is 2.56. The third-order valence-electron chi connectivity index (χ3n) is 5.77. The Morgan fingerprint density at radius 3 is 2.22 bits per heavy atom. The van der Waals surface area contributed by atoms with Crippen molar-refractivity contribution in [3.8, 4) is 11.5 Å². The van der Waals surface area contributed by atoms with Crippen LogP contribution in [0.1, 0.15) is 18.4 Å². The van der Waals surface area contributed by atoms with Crippen molar-refractivity contribution in [3.05, 3.63) is 40.0 Å². The maximum absolute atomic E-state index is 12.7. The summed E-state index contributed by atoms with van der Waals surface area (Å²) in [5, 5.41) is 16.2. The molecule has 9 nitrogen and oxygen atoms in total. The monoisotopic (exact) mass is 369 g/mol. The molecule has 1 aromatic carbocycles. The summed E-state index contributed by atoms with van der Waals surface area (Å²) in [7, 11) is 0. The molecule has 2 fully saturated rings. The fraction of sp³-hybridized carbons (Fsp3) is 0.389. The third-order valence-corrected chi connectivity index (χ3v) is 5.77. The van der Waals surface area contributed by atoms with Crippen molar-refractivity contribution in [2.75, 3.05) is 6.79 Å². The van der Waals surface area contributed by atoms with E-state index in [0.29, 0.717) is 5.75 Å². The molecular formula is C18H15N3O6. The van der Waals surface area contributed by atoms with Crippen LogP contribution in [-0.4, -0.2) is 34.8 Å². The van der Waals surface area contributed by atoms with Gasteiger partial charge in [-0.15, -0.1) is 0 Å². The third kappa shape index (κ3) is 2.27. The second-order valence-corrected chi connectivity index (χ2v) is 7.10. The molecule has 1 aromatic rings. The van der Waals surface area contributed by atoms with Gasteiger partial charge in [-0.2, -0.15) is 10.1 Å². The zero-order valence-electron chi connectivity index (χ0n) is 14.1. The van der Waals surface area contributed by atoms with Gasteiger partial charge in [-0.25, -0.2) is 0 Å². The molecule has 0 aromatic heterocycles. The van der Waals surface area contributed by atoms with Gasteiger partial charge >= 0.3 is 0 Å². The van der Waals surface area contributed by atoms with Crippen LogP contribution in [0.25, 0.3) is 0 Å². The van der Waals surface area contributed by atoms with E-state index in [2.05, 4.69) is 5.10 Å². The Morgan fingerprint density at radius 2 is 1.67 bits per heavy atom. The Bertz CT molecular complexity index is 907. The van der Waals surface area contributed by atoms with Crippen LogP contribution in [0.5, 0.6) is 11.5 Å². The molecule has 0 unspecified atom stereocenters. The summed E-state index contributed by atoms with van der Waals surface area (Å²) < 4.78 is 10.4. The number of rotatable bonds is 3. The number of fused-ring (bicyclic) bond motifs is 2. The summed E-state index contributed by atoms with van der Waals surface area (Å²) in [6.45, 7) is -0.0185. The lowest BCUT2D eigenvalue weighted by Crippen LogP contribution is -2.38. The van der Waals surface area contributed by atoms with Gasteiger partial charge in [0.2, 0.25) is 6.79 Å². The first-order valence-electron chi connectivity index (χ1n) is 8.73. The van der Waals surface area contributed by atoms with Gasteiger partial charge in [0.05, 0.1) is 34.6 Å². The van der Waals surface area contributed by atoms with E-state index in [4.69, 9.17) is 9.47 Å². The lowest BCUT2D eigenvalue weighted by Gasteiger charge is -2.37. The second-order valence-electron chi connectivity index (χ2n) is 7.10. The maximum atomic E-state index is 12.7. The van der Waals surface area contributed by atoms with Crippen LogP contribution in [0, 0.1) is 33.8 Å². The molecule has 3 aliphatic carbocycles. The van der Waals surface area contributed by atoms with Gasteiger partial charge in [0.25, 0.3) is 17.5 Å². The standard InChI is InChI=1S/C18H15N3O6/c22-17-15-9-1-2-10(4-3-9)16(15)18(23)20(17)19-7-11-5-13-14(27-8-26-13)6-12(11)21(24)25/h1-2,5-7,9-10,15-16H,3-4,8H2/b19-7-/t9-,10-,15+,16+/m0/s1. The Kier molecular flexibility index (Phi) is 3.33. The number of hydrazone groups is 1. The fourth-order valence-electron chi connectivity index (χ4n) is 4.50. The van der Waals surface area contributed by atoms with Crippen molar-refractivity contribution in [1.82, 2.24) is 5.01 Å². The number of allylic oxidation sites excluding steroid dienone is 2. The smallest absolute Gasteiger partial charge is 0.282 e. The van der Waals surface area contributed by atoms with Crippen molar-refractivity contribution in [3.63, 3.8) is 0 Å². The molecule has 138 valence electrons. The number of hydrogen-bond donors (Lipinski definition) is 0. The van der Waals surface area contributed by atoms with Crippen LogP contribution in [-0.2, 0) is 9.59 Å². The first kappa shape index (κ1) is 16.0. The largest absolute Gasteiger partial charge is 0.454 e. The van der Waals surface area contributed by atoms with Crippen LogP contribution in [0.3, 0.4) is 0 Å². The number of nitro benzene ring substituents is 1. The highest BCUT2D eigenvalue weighted by molar-refractivity contribution is 6.06. The van der Waals surface area contributed by atoms with E-state index in [1.807, 2.05) is 12.2 Å². The van der Waals surface area contributed by atoms with Crippen molar-refractivity contribution in [2.24, 2.45) is 28.8 Å². The number of amides is 2. The number of imide groups is 1. The van der Waals surface area contributed by atoms with Gasteiger partial charge in [-0.1, -0.05) is 12.2 Å². The summed E-state index contributed by atoms with van der Waals surface area (Å²) >= 11 is 0. The average Bonchev–Trinajstić information content (AvgIpc) is 3.24.